The number of carbonyl (C=O) groups excluding carboxylic acids is 1. The van der Waals surface area contributed by atoms with E-state index in [1.54, 1.807) is 18.7 Å². The average Bonchev–Trinajstić information content (AvgIpc) is 2.93. The maximum absolute atomic E-state index is 12.5. The van der Waals surface area contributed by atoms with Crippen molar-refractivity contribution in [3.8, 4) is 0 Å². The van der Waals surface area contributed by atoms with E-state index in [1.165, 1.54) is 0 Å². The molecular formula is C13H18N2O4. The van der Waals surface area contributed by atoms with Crippen LogP contribution in [0.3, 0.4) is 0 Å². The van der Waals surface area contributed by atoms with Crippen LogP contribution in [0.4, 0.5) is 0 Å². The SMILES string of the molecule is CCc1noc(C)c1C(=O)N1CCC(C)(C(=O)O)C1. The third-order valence-corrected chi connectivity index (χ3v) is 3.76. The number of aromatic nitrogens is 1. The summed E-state index contributed by atoms with van der Waals surface area (Å²) in [5.41, 5.74) is 0.260. The van der Waals surface area contributed by atoms with Crippen LogP contribution >= 0.6 is 0 Å². The van der Waals surface area contributed by atoms with Crippen LogP contribution in [0.25, 0.3) is 0 Å². The number of amides is 1. The second-order valence-corrected chi connectivity index (χ2v) is 5.26. The molecule has 0 aliphatic carbocycles. The van der Waals surface area contributed by atoms with E-state index in [1.807, 2.05) is 6.92 Å². The van der Waals surface area contributed by atoms with Crippen molar-refractivity contribution in [3.05, 3.63) is 17.0 Å². The largest absolute Gasteiger partial charge is 0.481 e. The lowest BCUT2D eigenvalue weighted by Crippen LogP contribution is -2.35. The number of carbonyl (C=O) groups is 2. The van der Waals surface area contributed by atoms with Gasteiger partial charge in [-0.2, -0.15) is 0 Å². The molecule has 1 aromatic rings. The van der Waals surface area contributed by atoms with Crippen molar-refractivity contribution >= 4 is 11.9 Å². The maximum Gasteiger partial charge on any atom is 0.311 e. The Labute approximate surface area is 111 Å². The number of rotatable bonds is 3. The van der Waals surface area contributed by atoms with Gasteiger partial charge in [0.2, 0.25) is 0 Å². The summed E-state index contributed by atoms with van der Waals surface area (Å²) in [6, 6.07) is 0. The van der Waals surface area contributed by atoms with Gasteiger partial charge in [-0.05, 0) is 26.7 Å². The Kier molecular flexibility index (Phi) is 3.34. The zero-order valence-electron chi connectivity index (χ0n) is 11.4. The molecule has 1 aliphatic rings. The molecule has 0 saturated carbocycles. The molecule has 1 amide bonds. The average molecular weight is 266 g/mol. The highest BCUT2D eigenvalue weighted by Gasteiger charge is 2.43. The molecule has 2 heterocycles. The van der Waals surface area contributed by atoms with Gasteiger partial charge in [-0.25, -0.2) is 0 Å². The summed E-state index contributed by atoms with van der Waals surface area (Å²) in [7, 11) is 0. The van der Waals surface area contributed by atoms with Gasteiger partial charge < -0.3 is 14.5 Å². The molecule has 1 unspecified atom stereocenters. The number of aliphatic carboxylic acids is 1. The van der Waals surface area contributed by atoms with Crippen LogP contribution in [-0.2, 0) is 11.2 Å². The highest BCUT2D eigenvalue weighted by Crippen LogP contribution is 2.31. The molecule has 6 nitrogen and oxygen atoms in total. The van der Waals surface area contributed by atoms with Gasteiger partial charge >= 0.3 is 5.97 Å². The Hall–Kier alpha value is -1.85. The fraction of sp³-hybridized carbons (Fsp3) is 0.615. The molecule has 0 bridgehead atoms. The molecule has 1 atom stereocenters. The van der Waals surface area contributed by atoms with Crippen molar-refractivity contribution in [1.82, 2.24) is 10.1 Å². The minimum absolute atomic E-state index is 0.180. The van der Waals surface area contributed by atoms with E-state index in [0.29, 0.717) is 36.4 Å². The van der Waals surface area contributed by atoms with Crippen LogP contribution in [0.1, 0.15) is 42.1 Å². The number of carboxylic acids is 1. The summed E-state index contributed by atoms with van der Waals surface area (Å²) < 4.78 is 5.05. The number of hydrogen-bond donors (Lipinski definition) is 1. The lowest BCUT2D eigenvalue weighted by atomic mass is 9.90. The van der Waals surface area contributed by atoms with Crippen molar-refractivity contribution in [2.24, 2.45) is 5.41 Å². The quantitative estimate of drug-likeness (QED) is 0.895. The molecule has 1 saturated heterocycles. The second-order valence-electron chi connectivity index (χ2n) is 5.26. The van der Waals surface area contributed by atoms with Gasteiger partial charge in [-0.15, -0.1) is 0 Å². The number of likely N-dealkylation sites (tertiary alicyclic amines) is 1. The summed E-state index contributed by atoms with van der Waals surface area (Å²) in [5.74, 6) is -0.549. The minimum Gasteiger partial charge on any atom is -0.481 e. The highest BCUT2D eigenvalue weighted by molar-refractivity contribution is 5.96. The van der Waals surface area contributed by atoms with Crippen molar-refractivity contribution < 1.29 is 19.2 Å². The zero-order chi connectivity index (χ0) is 14.2. The fourth-order valence-corrected chi connectivity index (χ4v) is 2.40. The van der Waals surface area contributed by atoms with Gasteiger partial charge in [0.05, 0.1) is 11.1 Å². The monoisotopic (exact) mass is 266 g/mol. The predicted molar refractivity (Wildman–Crippen MR) is 66.9 cm³/mol. The van der Waals surface area contributed by atoms with E-state index in [4.69, 9.17) is 4.52 Å². The molecule has 2 rings (SSSR count). The van der Waals surface area contributed by atoms with Gasteiger partial charge in [-0.3, -0.25) is 9.59 Å². The van der Waals surface area contributed by atoms with E-state index in [2.05, 4.69) is 5.16 Å². The van der Waals surface area contributed by atoms with Crippen molar-refractivity contribution in [2.75, 3.05) is 13.1 Å². The molecule has 0 radical (unpaired) electrons. The number of hydrogen-bond acceptors (Lipinski definition) is 4. The molecule has 6 heteroatoms. The predicted octanol–water partition coefficient (Wildman–Crippen LogP) is 1.48. The van der Waals surface area contributed by atoms with Crippen LogP contribution in [-0.4, -0.2) is 40.1 Å². The molecule has 19 heavy (non-hydrogen) atoms. The Morgan fingerprint density at radius 2 is 2.21 bits per heavy atom. The van der Waals surface area contributed by atoms with Crippen LogP contribution in [0.5, 0.6) is 0 Å². The smallest absolute Gasteiger partial charge is 0.311 e. The van der Waals surface area contributed by atoms with Crippen molar-refractivity contribution in [3.63, 3.8) is 0 Å². The van der Waals surface area contributed by atoms with Crippen LogP contribution in [0.15, 0.2) is 4.52 Å². The highest BCUT2D eigenvalue weighted by atomic mass is 16.5. The van der Waals surface area contributed by atoms with Gasteiger partial charge in [0.15, 0.2) is 0 Å². The second kappa shape index (κ2) is 4.68. The van der Waals surface area contributed by atoms with E-state index >= 15 is 0 Å². The lowest BCUT2D eigenvalue weighted by molar-refractivity contribution is -0.147. The lowest BCUT2D eigenvalue weighted by Gasteiger charge is -2.20. The summed E-state index contributed by atoms with van der Waals surface area (Å²) >= 11 is 0. The number of carboxylic acid groups (broad SMARTS) is 1. The van der Waals surface area contributed by atoms with Gasteiger partial charge in [0.25, 0.3) is 5.91 Å². The Morgan fingerprint density at radius 3 is 2.74 bits per heavy atom. The molecule has 1 N–H and O–H groups in total. The Bertz CT molecular complexity index is 523. The Morgan fingerprint density at radius 1 is 1.53 bits per heavy atom. The molecule has 0 aromatic carbocycles. The first-order chi connectivity index (χ1) is 8.89. The topological polar surface area (TPSA) is 83.6 Å². The minimum atomic E-state index is -0.861. The molecule has 1 fully saturated rings. The first-order valence-corrected chi connectivity index (χ1v) is 6.37. The van der Waals surface area contributed by atoms with Crippen LogP contribution < -0.4 is 0 Å². The van der Waals surface area contributed by atoms with Crippen LogP contribution in [0, 0.1) is 12.3 Å². The first-order valence-electron chi connectivity index (χ1n) is 6.37. The van der Waals surface area contributed by atoms with E-state index in [9.17, 15) is 14.7 Å². The fourth-order valence-electron chi connectivity index (χ4n) is 2.40. The maximum atomic E-state index is 12.5. The van der Waals surface area contributed by atoms with E-state index < -0.39 is 11.4 Å². The molecule has 104 valence electrons. The summed E-state index contributed by atoms with van der Waals surface area (Å²) in [6.07, 6.45) is 1.09. The third kappa shape index (κ3) is 2.22. The molecule has 1 aromatic heterocycles. The van der Waals surface area contributed by atoms with Crippen LogP contribution in [0.2, 0.25) is 0 Å². The summed E-state index contributed by atoms with van der Waals surface area (Å²) in [6.45, 7) is 5.96. The summed E-state index contributed by atoms with van der Waals surface area (Å²) in [5, 5.41) is 13.0. The van der Waals surface area contributed by atoms with Gasteiger partial charge in [-0.1, -0.05) is 12.1 Å². The van der Waals surface area contributed by atoms with Crippen molar-refractivity contribution in [1.29, 1.82) is 0 Å². The standard InChI is InChI=1S/C13H18N2O4/c1-4-9-10(8(2)19-14-9)11(16)15-6-5-13(3,7-15)12(17)18/h4-7H2,1-3H3,(H,17,18). The molecule has 0 spiro atoms. The third-order valence-electron chi connectivity index (χ3n) is 3.76. The van der Waals surface area contributed by atoms with Gasteiger partial charge in [0, 0.05) is 13.1 Å². The van der Waals surface area contributed by atoms with E-state index in [0.717, 1.165) is 0 Å². The Balaban J connectivity index is 2.22. The van der Waals surface area contributed by atoms with Gasteiger partial charge in [0.1, 0.15) is 11.3 Å². The normalized spacial score (nSPS) is 22.8. The zero-order valence-corrected chi connectivity index (χ0v) is 11.4. The first kappa shape index (κ1) is 13.6. The van der Waals surface area contributed by atoms with E-state index in [-0.39, 0.29) is 12.5 Å². The molecular weight excluding hydrogens is 248 g/mol. The number of nitrogens with zero attached hydrogens (tertiary/aromatic N) is 2. The summed E-state index contributed by atoms with van der Waals surface area (Å²) in [4.78, 5) is 25.2. The molecule has 1 aliphatic heterocycles. The van der Waals surface area contributed by atoms with Crippen molar-refractivity contribution in [2.45, 2.75) is 33.6 Å². The number of aryl methyl sites for hydroxylation is 2.